The Morgan fingerprint density at radius 2 is 1.86 bits per heavy atom. The minimum Gasteiger partial charge on any atom is -0.461 e. The van der Waals surface area contributed by atoms with Crippen LogP contribution in [0.15, 0.2) is 48.5 Å². The van der Waals surface area contributed by atoms with Gasteiger partial charge in [-0.3, -0.25) is 4.68 Å². The van der Waals surface area contributed by atoms with Crippen molar-refractivity contribution in [3.63, 3.8) is 0 Å². The van der Waals surface area contributed by atoms with Crippen LogP contribution in [0, 0.1) is 6.92 Å². The molecule has 0 aliphatic rings. The summed E-state index contributed by atoms with van der Waals surface area (Å²) in [6.07, 6.45) is 0. The van der Waals surface area contributed by atoms with Crippen LogP contribution in [0.1, 0.15) is 28.5 Å². The average molecular weight is 294 g/mol. The Balaban J connectivity index is 2.02. The zero-order chi connectivity index (χ0) is 15.5. The molecule has 0 bridgehead atoms. The maximum absolute atomic E-state index is 12.1. The summed E-state index contributed by atoms with van der Waals surface area (Å²) in [5.74, 6) is -0.374. The second-order valence-corrected chi connectivity index (χ2v) is 5.23. The molecule has 1 heterocycles. The number of aryl methyl sites for hydroxylation is 1. The summed E-state index contributed by atoms with van der Waals surface area (Å²) in [5.41, 5.74) is 3.69. The van der Waals surface area contributed by atoms with Gasteiger partial charge in [-0.25, -0.2) is 4.79 Å². The van der Waals surface area contributed by atoms with Crippen LogP contribution in [-0.2, 0) is 11.3 Å². The lowest BCUT2D eigenvalue weighted by Crippen LogP contribution is -2.08. The SMILES string of the molecule is CCOC(=O)c1nn(Cc2ccc(C)cc2)c2ccccc12. The van der Waals surface area contributed by atoms with Gasteiger partial charge in [0, 0.05) is 5.39 Å². The third kappa shape index (κ3) is 2.72. The van der Waals surface area contributed by atoms with Crippen molar-refractivity contribution in [1.82, 2.24) is 9.78 Å². The molecular weight excluding hydrogens is 276 g/mol. The van der Waals surface area contributed by atoms with E-state index in [-0.39, 0.29) is 5.97 Å². The molecular formula is C18H18N2O2. The van der Waals surface area contributed by atoms with E-state index in [1.54, 1.807) is 6.92 Å². The monoisotopic (exact) mass is 294 g/mol. The Labute approximate surface area is 129 Å². The molecule has 0 fully saturated rings. The fourth-order valence-electron chi connectivity index (χ4n) is 2.46. The maximum Gasteiger partial charge on any atom is 0.359 e. The smallest absolute Gasteiger partial charge is 0.359 e. The van der Waals surface area contributed by atoms with Crippen LogP contribution >= 0.6 is 0 Å². The Kier molecular flexibility index (Phi) is 3.92. The molecule has 3 aromatic rings. The van der Waals surface area contributed by atoms with Gasteiger partial charge in [0.2, 0.25) is 0 Å². The summed E-state index contributed by atoms with van der Waals surface area (Å²) >= 11 is 0. The number of ether oxygens (including phenoxy) is 1. The minimum absolute atomic E-state index is 0.345. The molecule has 2 aromatic carbocycles. The quantitative estimate of drug-likeness (QED) is 0.691. The van der Waals surface area contributed by atoms with Crippen molar-refractivity contribution in [2.75, 3.05) is 6.61 Å². The molecule has 3 rings (SSSR count). The van der Waals surface area contributed by atoms with Gasteiger partial charge in [0.1, 0.15) is 0 Å². The lowest BCUT2D eigenvalue weighted by molar-refractivity contribution is 0.0520. The number of aromatic nitrogens is 2. The largest absolute Gasteiger partial charge is 0.461 e. The second kappa shape index (κ2) is 6.02. The minimum atomic E-state index is -0.374. The van der Waals surface area contributed by atoms with Gasteiger partial charge in [-0.05, 0) is 25.5 Å². The summed E-state index contributed by atoms with van der Waals surface area (Å²) in [4.78, 5) is 12.1. The highest BCUT2D eigenvalue weighted by atomic mass is 16.5. The van der Waals surface area contributed by atoms with E-state index in [2.05, 4.69) is 36.3 Å². The summed E-state index contributed by atoms with van der Waals surface area (Å²) in [6, 6.07) is 16.0. The maximum atomic E-state index is 12.1. The van der Waals surface area contributed by atoms with E-state index in [4.69, 9.17) is 4.74 Å². The number of rotatable bonds is 4. The van der Waals surface area contributed by atoms with E-state index in [0.717, 1.165) is 16.5 Å². The second-order valence-electron chi connectivity index (χ2n) is 5.23. The summed E-state index contributed by atoms with van der Waals surface area (Å²) in [7, 11) is 0. The Morgan fingerprint density at radius 3 is 2.59 bits per heavy atom. The highest BCUT2D eigenvalue weighted by molar-refractivity contribution is 6.02. The highest BCUT2D eigenvalue weighted by Gasteiger charge is 2.17. The normalized spacial score (nSPS) is 10.8. The van der Waals surface area contributed by atoms with Crippen LogP contribution in [-0.4, -0.2) is 22.4 Å². The van der Waals surface area contributed by atoms with Crippen LogP contribution in [0.25, 0.3) is 10.9 Å². The Bertz CT molecular complexity index is 804. The van der Waals surface area contributed by atoms with Crippen molar-refractivity contribution in [2.45, 2.75) is 20.4 Å². The van der Waals surface area contributed by atoms with Gasteiger partial charge in [-0.1, -0.05) is 48.0 Å². The molecule has 22 heavy (non-hydrogen) atoms. The fraction of sp³-hybridized carbons (Fsp3) is 0.222. The molecule has 0 amide bonds. The van der Waals surface area contributed by atoms with E-state index in [1.165, 1.54) is 5.56 Å². The zero-order valence-corrected chi connectivity index (χ0v) is 12.7. The molecule has 0 N–H and O–H groups in total. The van der Waals surface area contributed by atoms with Crippen LogP contribution in [0.3, 0.4) is 0 Å². The first kappa shape index (κ1) is 14.3. The number of carbonyl (C=O) groups excluding carboxylic acids is 1. The Hall–Kier alpha value is -2.62. The first-order valence-corrected chi connectivity index (χ1v) is 7.37. The predicted octanol–water partition coefficient (Wildman–Crippen LogP) is 3.57. The van der Waals surface area contributed by atoms with Crippen molar-refractivity contribution in [3.8, 4) is 0 Å². The molecule has 0 saturated carbocycles. The fourth-order valence-corrected chi connectivity index (χ4v) is 2.46. The lowest BCUT2D eigenvalue weighted by atomic mass is 10.1. The lowest BCUT2D eigenvalue weighted by Gasteiger charge is -2.04. The van der Waals surface area contributed by atoms with Crippen molar-refractivity contribution in [1.29, 1.82) is 0 Å². The van der Waals surface area contributed by atoms with Crippen LogP contribution < -0.4 is 0 Å². The van der Waals surface area contributed by atoms with Crippen molar-refractivity contribution in [3.05, 3.63) is 65.4 Å². The Morgan fingerprint density at radius 1 is 1.14 bits per heavy atom. The molecule has 4 heteroatoms. The zero-order valence-electron chi connectivity index (χ0n) is 12.7. The number of fused-ring (bicyclic) bond motifs is 1. The van der Waals surface area contributed by atoms with Gasteiger partial charge in [-0.2, -0.15) is 5.10 Å². The third-order valence-corrected chi connectivity index (χ3v) is 3.58. The molecule has 0 spiro atoms. The van der Waals surface area contributed by atoms with E-state index >= 15 is 0 Å². The topological polar surface area (TPSA) is 44.1 Å². The van der Waals surface area contributed by atoms with Gasteiger partial charge in [-0.15, -0.1) is 0 Å². The average Bonchev–Trinajstić information content (AvgIpc) is 2.89. The van der Waals surface area contributed by atoms with Gasteiger partial charge >= 0.3 is 5.97 Å². The molecule has 4 nitrogen and oxygen atoms in total. The van der Waals surface area contributed by atoms with Crippen molar-refractivity contribution in [2.24, 2.45) is 0 Å². The number of hydrogen-bond donors (Lipinski definition) is 0. The molecule has 1 aromatic heterocycles. The van der Waals surface area contributed by atoms with Crippen LogP contribution in [0.2, 0.25) is 0 Å². The number of benzene rings is 2. The predicted molar refractivity (Wildman–Crippen MR) is 86.0 cm³/mol. The number of carbonyl (C=O) groups is 1. The first-order valence-electron chi connectivity index (χ1n) is 7.37. The van der Waals surface area contributed by atoms with Crippen molar-refractivity contribution >= 4 is 16.9 Å². The molecule has 0 aliphatic carbocycles. The number of hydrogen-bond acceptors (Lipinski definition) is 3. The molecule has 112 valence electrons. The van der Waals surface area contributed by atoms with Gasteiger partial charge in [0.15, 0.2) is 5.69 Å². The summed E-state index contributed by atoms with van der Waals surface area (Å²) < 4.78 is 6.95. The van der Waals surface area contributed by atoms with Gasteiger partial charge in [0.25, 0.3) is 0 Å². The number of nitrogens with zero attached hydrogens (tertiary/aromatic N) is 2. The highest BCUT2D eigenvalue weighted by Crippen LogP contribution is 2.20. The van der Waals surface area contributed by atoms with E-state index < -0.39 is 0 Å². The van der Waals surface area contributed by atoms with Crippen molar-refractivity contribution < 1.29 is 9.53 Å². The summed E-state index contributed by atoms with van der Waals surface area (Å²) in [6.45, 7) is 4.83. The first-order chi connectivity index (χ1) is 10.7. The molecule has 0 aliphatic heterocycles. The van der Waals surface area contributed by atoms with Crippen LogP contribution in [0.5, 0.6) is 0 Å². The van der Waals surface area contributed by atoms with E-state index in [0.29, 0.717) is 18.8 Å². The molecule has 0 atom stereocenters. The molecule has 0 saturated heterocycles. The molecule has 0 radical (unpaired) electrons. The number of para-hydroxylation sites is 1. The van der Waals surface area contributed by atoms with E-state index in [1.807, 2.05) is 28.9 Å². The third-order valence-electron chi connectivity index (χ3n) is 3.58. The summed E-state index contributed by atoms with van der Waals surface area (Å²) in [5, 5.41) is 5.29. The van der Waals surface area contributed by atoms with Gasteiger partial charge in [0.05, 0.1) is 18.7 Å². The molecule has 0 unspecified atom stereocenters. The standard InChI is InChI=1S/C18H18N2O2/c1-3-22-18(21)17-15-6-4-5-7-16(15)20(19-17)12-14-10-8-13(2)9-11-14/h4-11H,3,12H2,1-2H3. The van der Waals surface area contributed by atoms with Gasteiger partial charge < -0.3 is 4.74 Å². The van der Waals surface area contributed by atoms with Crippen LogP contribution in [0.4, 0.5) is 0 Å². The van der Waals surface area contributed by atoms with E-state index in [9.17, 15) is 4.79 Å². The number of esters is 1.